The fourth-order valence-corrected chi connectivity index (χ4v) is 2.70. The Morgan fingerprint density at radius 1 is 0.739 bits per heavy atom. The predicted octanol–water partition coefficient (Wildman–Crippen LogP) is 5.90. The Hall–Kier alpha value is -0.570. The summed E-state index contributed by atoms with van der Waals surface area (Å²) in [7, 11) is 0. The Morgan fingerprint density at radius 3 is 1.96 bits per heavy atom. The zero-order chi connectivity index (χ0) is 17.2. The molecule has 0 aliphatic rings. The second kappa shape index (κ2) is 17.8. The van der Waals surface area contributed by atoms with Crippen LogP contribution in [0, 0.1) is 5.92 Å². The van der Waals surface area contributed by atoms with Crippen molar-refractivity contribution in [1.82, 2.24) is 0 Å². The van der Waals surface area contributed by atoms with E-state index in [-0.39, 0.29) is 11.9 Å². The van der Waals surface area contributed by atoms with Gasteiger partial charge in [-0.1, -0.05) is 78.6 Å². The van der Waals surface area contributed by atoms with Gasteiger partial charge in [0.05, 0.1) is 12.5 Å². The molecule has 0 fully saturated rings. The van der Waals surface area contributed by atoms with E-state index in [1.807, 2.05) is 0 Å². The van der Waals surface area contributed by atoms with Gasteiger partial charge in [0.2, 0.25) is 0 Å². The number of unbranched alkanes of at least 4 members (excludes halogenated alkanes) is 8. The van der Waals surface area contributed by atoms with Crippen LogP contribution < -0.4 is 0 Å². The molecular formula is C20H40O3. The SMILES string of the molecule is CCCCCCCCCCOCCOC(=O)C(CC)CCCC. The Morgan fingerprint density at radius 2 is 1.35 bits per heavy atom. The largest absolute Gasteiger partial charge is 0.463 e. The van der Waals surface area contributed by atoms with E-state index in [0.29, 0.717) is 13.2 Å². The van der Waals surface area contributed by atoms with Crippen molar-refractivity contribution in [1.29, 1.82) is 0 Å². The zero-order valence-electron chi connectivity index (χ0n) is 15.9. The van der Waals surface area contributed by atoms with Crippen molar-refractivity contribution < 1.29 is 14.3 Å². The maximum absolute atomic E-state index is 11.9. The molecule has 0 N–H and O–H groups in total. The summed E-state index contributed by atoms with van der Waals surface area (Å²) < 4.78 is 10.9. The molecule has 0 saturated heterocycles. The van der Waals surface area contributed by atoms with Crippen molar-refractivity contribution in [2.45, 2.75) is 97.8 Å². The Labute approximate surface area is 144 Å². The van der Waals surface area contributed by atoms with E-state index in [1.165, 1.54) is 44.9 Å². The molecule has 0 saturated carbocycles. The molecule has 0 rings (SSSR count). The Bertz CT molecular complexity index is 253. The second-order valence-corrected chi connectivity index (χ2v) is 6.50. The predicted molar refractivity (Wildman–Crippen MR) is 97.7 cm³/mol. The highest BCUT2D eigenvalue weighted by atomic mass is 16.6. The molecule has 0 amide bonds. The molecule has 0 aliphatic heterocycles. The third kappa shape index (κ3) is 14.7. The topological polar surface area (TPSA) is 35.5 Å². The maximum atomic E-state index is 11.9. The molecule has 0 spiro atoms. The van der Waals surface area contributed by atoms with Gasteiger partial charge in [-0.05, 0) is 19.3 Å². The van der Waals surface area contributed by atoms with Crippen molar-refractivity contribution in [2.24, 2.45) is 5.92 Å². The van der Waals surface area contributed by atoms with Gasteiger partial charge in [-0.15, -0.1) is 0 Å². The van der Waals surface area contributed by atoms with Gasteiger partial charge in [0.15, 0.2) is 0 Å². The Kier molecular flexibility index (Phi) is 17.3. The molecule has 138 valence electrons. The minimum atomic E-state index is -0.0448. The fraction of sp³-hybridized carbons (Fsp3) is 0.950. The first-order valence-electron chi connectivity index (χ1n) is 10.0. The normalized spacial score (nSPS) is 12.3. The number of rotatable bonds is 17. The summed E-state index contributed by atoms with van der Waals surface area (Å²) in [5.41, 5.74) is 0. The highest BCUT2D eigenvalue weighted by Gasteiger charge is 2.16. The van der Waals surface area contributed by atoms with Crippen LogP contribution in [0.3, 0.4) is 0 Å². The number of ether oxygens (including phenoxy) is 2. The van der Waals surface area contributed by atoms with E-state index < -0.39 is 0 Å². The molecule has 3 heteroatoms. The van der Waals surface area contributed by atoms with Gasteiger partial charge in [0.1, 0.15) is 6.61 Å². The van der Waals surface area contributed by atoms with Crippen LogP contribution in [0.2, 0.25) is 0 Å². The lowest BCUT2D eigenvalue weighted by Gasteiger charge is -2.13. The molecule has 1 atom stereocenters. The van der Waals surface area contributed by atoms with Gasteiger partial charge in [0.25, 0.3) is 0 Å². The summed E-state index contributed by atoms with van der Waals surface area (Å²) >= 11 is 0. The average Bonchev–Trinajstić information content (AvgIpc) is 2.56. The standard InChI is InChI=1S/C20H40O3/c1-4-7-9-10-11-12-13-14-16-22-17-18-23-20(21)19(6-3)15-8-5-2/h19H,4-18H2,1-3H3. The first-order valence-corrected chi connectivity index (χ1v) is 10.0. The highest BCUT2D eigenvalue weighted by molar-refractivity contribution is 5.72. The molecule has 0 aliphatic carbocycles. The van der Waals surface area contributed by atoms with Gasteiger partial charge in [0, 0.05) is 6.61 Å². The smallest absolute Gasteiger partial charge is 0.308 e. The van der Waals surface area contributed by atoms with Crippen molar-refractivity contribution >= 4 is 5.97 Å². The molecule has 0 aromatic heterocycles. The zero-order valence-corrected chi connectivity index (χ0v) is 15.9. The summed E-state index contributed by atoms with van der Waals surface area (Å²) in [6, 6.07) is 0. The summed E-state index contributed by atoms with van der Waals surface area (Å²) in [5.74, 6) is 0.0271. The number of esters is 1. The van der Waals surface area contributed by atoms with E-state index in [4.69, 9.17) is 9.47 Å². The van der Waals surface area contributed by atoms with Crippen molar-refractivity contribution in [3.05, 3.63) is 0 Å². The summed E-state index contributed by atoms with van der Waals surface area (Å²) in [4.78, 5) is 11.9. The third-order valence-corrected chi connectivity index (χ3v) is 4.35. The van der Waals surface area contributed by atoms with Crippen LogP contribution in [0.25, 0.3) is 0 Å². The molecule has 0 aromatic carbocycles. The van der Waals surface area contributed by atoms with Gasteiger partial charge in [-0.3, -0.25) is 4.79 Å². The number of carbonyl (C=O) groups is 1. The van der Waals surface area contributed by atoms with Gasteiger partial charge >= 0.3 is 5.97 Å². The number of hydrogen-bond acceptors (Lipinski definition) is 3. The van der Waals surface area contributed by atoms with E-state index in [2.05, 4.69) is 20.8 Å². The van der Waals surface area contributed by atoms with E-state index in [0.717, 1.165) is 38.7 Å². The van der Waals surface area contributed by atoms with Crippen LogP contribution in [0.1, 0.15) is 97.8 Å². The van der Waals surface area contributed by atoms with Crippen LogP contribution in [0.15, 0.2) is 0 Å². The summed E-state index contributed by atoms with van der Waals surface area (Å²) in [5, 5.41) is 0. The maximum Gasteiger partial charge on any atom is 0.308 e. The minimum absolute atomic E-state index is 0.0448. The first kappa shape index (κ1) is 22.4. The molecule has 0 bridgehead atoms. The van der Waals surface area contributed by atoms with Crippen LogP contribution in [-0.2, 0) is 14.3 Å². The Balaban J connectivity index is 3.33. The van der Waals surface area contributed by atoms with Gasteiger partial charge in [-0.25, -0.2) is 0 Å². The lowest BCUT2D eigenvalue weighted by atomic mass is 10.00. The van der Waals surface area contributed by atoms with Crippen molar-refractivity contribution in [3.8, 4) is 0 Å². The molecule has 0 heterocycles. The number of carbonyl (C=O) groups excluding carboxylic acids is 1. The number of hydrogen-bond donors (Lipinski definition) is 0. The molecule has 3 nitrogen and oxygen atoms in total. The molecule has 0 aromatic rings. The summed E-state index contributed by atoms with van der Waals surface area (Å²) in [6.45, 7) is 8.18. The van der Waals surface area contributed by atoms with Gasteiger partial charge in [-0.2, -0.15) is 0 Å². The monoisotopic (exact) mass is 328 g/mol. The highest BCUT2D eigenvalue weighted by Crippen LogP contribution is 2.14. The third-order valence-electron chi connectivity index (χ3n) is 4.35. The average molecular weight is 329 g/mol. The van der Waals surface area contributed by atoms with Gasteiger partial charge < -0.3 is 9.47 Å². The minimum Gasteiger partial charge on any atom is -0.463 e. The fourth-order valence-electron chi connectivity index (χ4n) is 2.70. The quantitative estimate of drug-likeness (QED) is 0.246. The van der Waals surface area contributed by atoms with E-state index >= 15 is 0 Å². The molecule has 0 radical (unpaired) electrons. The first-order chi connectivity index (χ1) is 11.3. The molecule has 23 heavy (non-hydrogen) atoms. The van der Waals surface area contributed by atoms with Crippen molar-refractivity contribution in [2.75, 3.05) is 19.8 Å². The van der Waals surface area contributed by atoms with Crippen LogP contribution >= 0.6 is 0 Å². The second-order valence-electron chi connectivity index (χ2n) is 6.50. The van der Waals surface area contributed by atoms with E-state index in [1.54, 1.807) is 0 Å². The van der Waals surface area contributed by atoms with E-state index in [9.17, 15) is 4.79 Å². The van der Waals surface area contributed by atoms with Crippen LogP contribution in [-0.4, -0.2) is 25.8 Å². The van der Waals surface area contributed by atoms with Crippen LogP contribution in [0.4, 0.5) is 0 Å². The lowest BCUT2D eigenvalue weighted by Crippen LogP contribution is -2.19. The molecule has 1 unspecified atom stereocenters. The molecular weight excluding hydrogens is 288 g/mol. The lowest BCUT2D eigenvalue weighted by molar-refractivity contribution is -0.150. The van der Waals surface area contributed by atoms with Crippen LogP contribution in [0.5, 0.6) is 0 Å². The summed E-state index contributed by atoms with van der Waals surface area (Å²) in [6.07, 6.45) is 14.5. The van der Waals surface area contributed by atoms with Crippen molar-refractivity contribution in [3.63, 3.8) is 0 Å².